The van der Waals surface area contributed by atoms with Gasteiger partial charge in [-0.15, -0.1) is 0 Å². The van der Waals surface area contributed by atoms with Crippen LogP contribution < -0.4 is 5.32 Å². The lowest BCUT2D eigenvalue weighted by atomic mass is 9.84. The molecule has 9 heteroatoms. The van der Waals surface area contributed by atoms with Crippen LogP contribution in [0.1, 0.15) is 63.0 Å². The van der Waals surface area contributed by atoms with E-state index in [1.165, 1.54) is 0 Å². The molecule has 3 fully saturated rings. The van der Waals surface area contributed by atoms with Gasteiger partial charge < -0.3 is 10.4 Å². The number of hydrogen-bond donors (Lipinski definition) is 2. The van der Waals surface area contributed by atoms with Crippen molar-refractivity contribution in [3.8, 4) is 0 Å². The van der Waals surface area contributed by atoms with Crippen molar-refractivity contribution in [1.29, 1.82) is 0 Å². The highest BCUT2D eigenvalue weighted by atomic mass is 35.5. The van der Waals surface area contributed by atoms with Gasteiger partial charge in [-0.2, -0.15) is 4.48 Å². The summed E-state index contributed by atoms with van der Waals surface area (Å²) in [5.41, 5.74) is 1.55. The fourth-order valence-electron chi connectivity index (χ4n) is 5.88. The van der Waals surface area contributed by atoms with Gasteiger partial charge in [0.05, 0.1) is 19.6 Å². The molecule has 1 unspecified atom stereocenters. The summed E-state index contributed by atoms with van der Waals surface area (Å²) >= 11 is 6.18. The zero-order chi connectivity index (χ0) is 24.5. The maximum Gasteiger partial charge on any atom is 0.424 e. The molecule has 2 N–H and O–H groups in total. The number of urea groups is 1. The van der Waals surface area contributed by atoms with Crippen LogP contribution in [0, 0.1) is 5.92 Å². The van der Waals surface area contributed by atoms with Gasteiger partial charge >= 0.3 is 11.9 Å². The molecule has 2 aliphatic heterocycles. The Morgan fingerprint density at radius 3 is 2.50 bits per heavy atom. The van der Waals surface area contributed by atoms with Crippen LogP contribution in [0.2, 0.25) is 5.02 Å². The van der Waals surface area contributed by atoms with E-state index in [0.717, 1.165) is 56.1 Å². The molecule has 2 heterocycles. The maximum absolute atomic E-state index is 13.6. The van der Waals surface area contributed by atoms with Gasteiger partial charge in [0.15, 0.2) is 6.10 Å². The fourth-order valence-corrected chi connectivity index (χ4v) is 6.07. The summed E-state index contributed by atoms with van der Waals surface area (Å²) in [6.45, 7) is 2.18. The molecule has 6 nitrogen and oxygen atoms in total. The highest BCUT2D eigenvalue weighted by Gasteiger charge is 2.55. The number of nitrogens with one attached hydrogen (secondary N) is 1. The molecule has 3 atom stereocenters. The third-order valence-corrected chi connectivity index (χ3v) is 8.13. The predicted octanol–water partition coefficient (Wildman–Crippen LogP) is 4.47. The Balaban J connectivity index is 1.48. The number of aliphatic hydroxyl groups is 1. The van der Waals surface area contributed by atoms with Crippen molar-refractivity contribution in [3.05, 3.63) is 34.3 Å². The summed E-state index contributed by atoms with van der Waals surface area (Å²) in [4.78, 5) is 28.8. The first-order valence-electron chi connectivity index (χ1n) is 12.4. The fraction of sp³-hybridized carbons (Fsp3) is 0.680. The second-order valence-electron chi connectivity index (χ2n) is 10.3. The molecular weight excluding hydrogens is 464 g/mol. The quantitative estimate of drug-likeness (QED) is 0.568. The summed E-state index contributed by atoms with van der Waals surface area (Å²) < 4.78 is 26.1. The third-order valence-electron chi connectivity index (χ3n) is 7.89. The SMILES string of the molecule is C[C@@H]1CCC[N+]1(C(=O)NCc1cc(Cl)ccc1CN1CC(F)(F)C1)C(=O)[C@H](O)C1CCCCC1. The molecule has 1 aliphatic carbocycles. The van der Waals surface area contributed by atoms with Crippen LogP contribution in [-0.4, -0.2) is 64.1 Å². The first-order valence-corrected chi connectivity index (χ1v) is 12.8. The molecule has 0 radical (unpaired) electrons. The van der Waals surface area contributed by atoms with E-state index in [4.69, 9.17) is 11.6 Å². The van der Waals surface area contributed by atoms with Crippen molar-refractivity contribution in [2.24, 2.45) is 5.92 Å². The van der Waals surface area contributed by atoms with Gasteiger partial charge in [-0.3, -0.25) is 4.90 Å². The molecule has 1 aromatic rings. The number of halogens is 3. The van der Waals surface area contributed by atoms with Crippen molar-refractivity contribution < 1.29 is 28.0 Å². The normalized spacial score (nSPS) is 28.3. The standard InChI is InChI=1S/C25H34ClF2N3O3/c1-17-6-5-11-31(17,23(33)22(32)18-7-3-2-4-8-18)24(34)29-13-20-12-21(26)10-9-19(20)14-30-15-25(27,28)16-30/h9-10,12,17-18,22,32H,2-8,11,13-16H2,1H3/p+1/t17-,22-,31?/m1/s1. The second kappa shape index (κ2) is 10.2. The lowest BCUT2D eigenvalue weighted by Gasteiger charge is -2.39. The largest absolute Gasteiger partial charge is 0.424 e. The summed E-state index contributed by atoms with van der Waals surface area (Å²) in [5, 5.41) is 14.4. The average molecular weight is 499 g/mol. The first-order chi connectivity index (χ1) is 16.1. The van der Waals surface area contributed by atoms with Gasteiger partial charge in [0, 0.05) is 31.0 Å². The maximum atomic E-state index is 13.6. The Morgan fingerprint density at radius 2 is 1.88 bits per heavy atom. The molecule has 3 amide bonds. The Morgan fingerprint density at radius 1 is 1.18 bits per heavy atom. The van der Waals surface area contributed by atoms with E-state index in [1.54, 1.807) is 23.1 Å². The predicted molar refractivity (Wildman–Crippen MR) is 125 cm³/mol. The topological polar surface area (TPSA) is 69.6 Å². The number of aliphatic hydroxyl groups excluding tert-OH is 1. The van der Waals surface area contributed by atoms with E-state index in [9.17, 15) is 23.5 Å². The molecule has 3 aliphatic rings. The van der Waals surface area contributed by atoms with Gasteiger partial charge in [-0.1, -0.05) is 36.9 Å². The lowest BCUT2D eigenvalue weighted by molar-refractivity contribution is -0.787. The molecule has 34 heavy (non-hydrogen) atoms. The number of benzene rings is 1. The summed E-state index contributed by atoms with van der Waals surface area (Å²) in [7, 11) is 0. The number of carbonyl (C=O) groups excluding carboxylic acids is 2. The highest BCUT2D eigenvalue weighted by Crippen LogP contribution is 2.34. The highest BCUT2D eigenvalue weighted by molar-refractivity contribution is 6.30. The van der Waals surface area contributed by atoms with Gasteiger partial charge in [-0.05, 0) is 48.9 Å². The van der Waals surface area contributed by atoms with Crippen LogP contribution in [-0.2, 0) is 17.9 Å². The third kappa shape index (κ3) is 5.15. The van der Waals surface area contributed by atoms with Crippen molar-refractivity contribution in [1.82, 2.24) is 10.2 Å². The molecule has 1 saturated carbocycles. The lowest BCUT2D eigenvalue weighted by Crippen LogP contribution is -2.66. The van der Waals surface area contributed by atoms with Crippen LogP contribution in [0.3, 0.4) is 0 Å². The van der Waals surface area contributed by atoms with Gasteiger partial charge in [0.25, 0.3) is 5.92 Å². The van der Waals surface area contributed by atoms with Crippen LogP contribution in [0.5, 0.6) is 0 Å². The zero-order valence-electron chi connectivity index (χ0n) is 19.7. The van der Waals surface area contributed by atoms with Crippen LogP contribution in [0.4, 0.5) is 13.6 Å². The minimum Gasteiger partial charge on any atom is -0.379 e. The van der Waals surface area contributed by atoms with Crippen molar-refractivity contribution in [2.45, 2.75) is 83.0 Å². The van der Waals surface area contributed by atoms with E-state index in [-0.39, 0.29) is 36.1 Å². The Bertz CT molecular complexity index is 917. The Hall–Kier alpha value is -1.61. The molecule has 1 aromatic carbocycles. The van der Waals surface area contributed by atoms with Gasteiger partial charge in [0.1, 0.15) is 6.04 Å². The molecule has 4 rings (SSSR count). The minimum absolute atomic E-state index is 0.0916. The first kappa shape index (κ1) is 25.5. The molecule has 0 bridgehead atoms. The van der Waals surface area contributed by atoms with E-state index in [0.29, 0.717) is 18.1 Å². The van der Waals surface area contributed by atoms with Crippen molar-refractivity contribution >= 4 is 23.5 Å². The molecular formula is C25H35ClF2N3O3+. The monoisotopic (exact) mass is 498 g/mol. The number of carbonyl (C=O) groups is 2. The number of quaternary nitrogens is 1. The number of nitrogens with zero attached hydrogens (tertiary/aromatic N) is 2. The minimum atomic E-state index is -2.65. The summed E-state index contributed by atoms with van der Waals surface area (Å²) in [6, 6.07) is 4.60. The number of likely N-dealkylation sites (tertiary alicyclic amines) is 2. The summed E-state index contributed by atoms with van der Waals surface area (Å²) in [6.07, 6.45) is 5.07. The molecule has 0 aromatic heterocycles. The van der Waals surface area contributed by atoms with E-state index < -0.39 is 24.0 Å². The number of rotatable bonds is 6. The molecule has 2 saturated heterocycles. The number of imide groups is 1. The van der Waals surface area contributed by atoms with Crippen LogP contribution in [0.25, 0.3) is 0 Å². The zero-order valence-corrected chi connectivity index (χ0v) is 20.5. The number of amides is 3. The van der Waals surface area contributed by atoms with E-state index >= 15 is 0 Å². The van der Waals surface area contributed by atoms with Gasteiger partial charge in [-0.25, -0.2) is 18.4 Å². The number of hydrogen-bond acceptors (Lipinski definition) is 4. The van der Waals surface area contributed by atoms with Crippen molar-refractivity contribution in [2.75, 3.05) is 19.6 Å². The average Bonchev–Trinajstić information content (AvgIpc) is 3.19. The second-order valence-corrected chi connectivity index (χ2v) is 10.8. The Kier molecular flexibility index (Phi) is 7.62. The smallest absolute Gasteiger partial charge is 0.379 e. The van der Waals surface area contributed by atoms with Gasteiger partial charge in [0.2, 0.25) is 0 Å². The number of alkyl halides is 2. The Labute approximate surface area is 204 Å². The van der Waals surface area contributed by atoms with E-state index in [1.807, 2.05) is 6.92 Å². The van der Waals surface area contributed by atoms with Crippen LogP contribution >= 0.6 is 11.6 Å². The molecule has 0 spiro atoms. The summed E-state index contributed by atoms with van der Waals surface area (Å²) in [5.74, 6) is -3.14. The van der Waals surface area contributed by atoms with Crippen LogP contribution in [0.15, 0.2) is 18.2 Å². The van der Waals surface area contributed by atoms with Crippen molar-refractivity contribution in [3.63, 3.8) is 0 Å². The van der Waals surface area contributed by atoms with E-state index in [2.05, 4.69) is 5.32 Å². The molecule has 188 valence electrons.